The van der Waals surface area contributed by atoms with Crippen LogP contribution in [0.2, 0.25) is 5.02 Å². The minimum Gasteiger partial charge on any atom is -0.436 e. The van der Waals surface area contributed by atoms with Gasteiger partial charge in [-0.1, -0.05) is 22.9 Å². The molecule has 2 aromatic carbocycles. The molecule has 2 heterocycles. The Bertz CT molecular complexity index is 962. The molecule has 0 saturated carbocycles. The second kappa shape index (κ2) is 4.70. The Balaban J connectivity index is 1.86. The number of nitrogens with one attached hydrogen (secondary N) is 1. The summed E-state index contributed by atoms with van der Waals surface area (Å²) in [5, 5.41) is 1.31. The van der Waals surface area contributed by atoms with Crippen LogP contribution in [0.3, 0.4) is 0 Å². The third-order valence-electron chi connectivity index (χ3n) is 3.11. The third kappa shape index (κ3) is 2.13. The Hall–Kier alpha value is -2.15. The van der Waals surface area contributed by atoms with E-state index in [1.807, 2.05) is 24.3 Å². The van der Waals surface area contributed by atoms with Crippen LogP contribution < -0.4 is 11.3 Å². The molecule has 7 heteroatoms. The molecule has 0 amide bonds. The van der Waals surface area contributed by atoms with Gasteiger partial charge in [0.05, 0.1) is 10.2 Å². The van der Waals surface area contributed by atoms with Crippen LogP contribution in [0.15, 0.2) is 40.8 Å². The van der Waals surface area contributed by atoms with Crippen LogP contribution in [0.5, 0.6) is 0 Å². The van der Waals surface area contributed by atoms with Crippen LogP contribution in [-0.2, 0) is 0 Å². The highest BCUT2D eigenvalue weighted by molar-refractivity contribution is 7.22. The zero-order valence-electron chi connectivity index (χ0n) is 10.6. The third-order valence-corrected chi connectivity index (χ3v) is 4.29. The van der Waals surface area contributed by atoms with Crippen LogP contribution in [0, 0.1) is 0 Å². The number of anilines is 1. The Morgan fingerprint density at radius 3 is 2.86 bits per heavy atom. The van der Waals surface area contributed by atoms with Gasteiger partial charge in [0.2, 0.25) is 5.89 Å². The van der Waals surface area contributed by atoms with E-state index in [-0.39, 0.29) is 0 Å². The molecule has 0 atom stereocenters. The number of nitrogens with two attached hydrogens (primary N) is 1. The van der Waals surface area contributed by atoms with Crippen LogP contribution in [0.25, 0.3) is 32.8 Å². The summed E-state index contributed by atoms with van der Waals surface area (Å²) in [6.45, 7) is 0. The highest BCUT2D eigenvalue weighted by Crippen LogP contribution is 2.31. The Labute approximate surface area is 128 Å². The molecule has 4 aromatic rings. The van der Waals surface area contributed by atoms with Crippen LogP contribution in [-0.4, -0.2) is 9.97 Å². The standard InChI is InChI=1S/C14H9ClN4OS/c15-8-2-4-11-10(6-8)17-13(20-11)7-1-3-9-12(5-7)21-14(18-9)19-16/h1-6H,16H2,(H,18,19). The normalized spacial score (nSPS) is 11.3. The monoisotopic (exact) mass is 316 g/mol. The molecule has 0 fully saturated rings. The lowest BCUT2D eigenvalue weighted by Gasteiger charge is -1.94. The summed E-state index contributed by atoms with van der Waals surface area (Å²) in [6, 6.07) is 11.2. The molecule has 21 heavy (non-hydrogen) atoms. The maximum Gasteiger partial charge on any atom is 0.227 e. The Morgan fingerprint density at radius 1 is 1.10 bits per heavy atom. The van der Waals surface area contributed by atoms with Gasteiger partial charge < -0.3 is 4.42 Å². The van der Waals surface area contributed by atoms with Crippen molar-refractivity contribution in [3.05, 3.63) is 41.4 Å². The average Bonchev–Trinajstić information content (AvgIpc) is 3.08. The molecule has 5 nitrogen and oxygen atoms in total. The first-order valence-electron chi connectivity index (χ1n) is 6.16. The van der Waals surface area contributed by atoms with Gasteiger partial charge in [-0.2, -0.15) is 0 Å². The number of nitrogens with zero attached hydrogens (tertiary/aromatic N) is 2. The van der Waals surface area contributed by atoms with Crippen molar-refractivity contribution in [2.24, 2.45) is 5.84 Å². The fourth-order valence-electron chi connectivity index (χ4n) is 2.14. The summed E-state index contributed by atoms with van der Waals surface area (Å²) >= 11 is 7.44. The van der Waals surface area contributed by atoms with Crippen molar-refractivity contribution < 1.29 is 4.42 Å². The number of hydrogen-bond acceptors (Lipinski definition) is 6. The van der Waals surface area contributed by atoms with Gasteiger partial charge in [0, 0.05) is 10.6 Å². The van der Waals surface area contributed by atoms with Crippen molar-refractivity contribution >= 4 is 49.4 Å². The van der Waals surface area contributed by atoms with E-state index in [9.17, 15) is 0 Å². The van der Waals surface area contributed by atoms with E-state index in [0.717, 1.165) is 21.3 Å². The second-order valence-electron chi connectivity index (χ2n) is 4.48. The SMILES string of the molecule is NNc1nc2ccc(-c3nc4cc(Cl)ccc4o3)cc2s1. The van der Waals surface area contributed by atoms with Crippen molar-refractivity contribution in [3.63, 3.8) is 0 Å². The van der Waals surface area contributed by atoms with E-state index >= 15 is 0 Å². The fourth-order valence-corrected chi connectivity index (χ4v) is 3.13. The van der Waals surface area contributed by atoms with Crippen molar-refractivity contribution in [3.8, 4) is 11.5 Å². The molecule has 0 aliphatic heterocycles. The van der Waals surface area contributed by atoms with Crippen molar-refractivity contribution in [2.45, 2.75) is 0 Å². The second-order valence-corrected chi connectivity index (χ2v) is 5.94. The molecule has 2 aromatic heterocycles. The largest absolute Gasteiger partial charge is 0.436 e. The number of hydrogen-bond donors (Lipinski definition) is 2. The Morgan fingerprint density at radius 2 is 2.00 bits per heavy atom. The van der Waals surface area contributed by atoms with Gasteiger partial charge in [0.1, 0.15) is 5.52 Å². The summed E-state index contributed by atoms with van der Waals surface area (Å²) in [5.74, 6) is 5.94. The summed E-state index contributed by atoms with van der Waals surface area (Å²) in [5.41, 5.74) is 5.79. The summed E-state index contributed by atoms with van der Waals surface area (Å²) in [4.78, 5) is 8.80. The van der Waals surface area contributed by atoms with Gasteiger partial charge >= 0.3 is 0 Å². The van der Waals surface area contributed by atoms with Crippen molar-refractivity contribution in [1.29, 1.82) is 0 Å². The minimum atomic E-state index is 0.560. The molecule has 0 aliphatic rings. The maximum atomic E-state index is 5.96. The van der Waals surface area contributed by atoms with Crippen LogP contribution in [0.4, 0.5) is 5.13 Å². The summed E-state index contributed by atoms with van der Waals surface area (Å²) < 4.78 is 6.78. The minimum absolute atomic E-state index is 0.560. The molecule has 0 spiro atoms. The average molecular weight is 317 g/mol. The predicted octanol–water partition coefficient (Wildman–Crippen LogP) is 4.04. The molecule has 0 aliphatic carbocycles. The van der Waals surface area contributed by atoms with Gasteiger partial charge in [0.15, 0.2) is 10.7 Å². The molecule has 4 rings (SSSR count). The quantitative estimate of drug-likeness (QED) is 0.431. The topological polar surface area (TPSA) is 77.0 Å². The van der Waals surface area contributed by atoms with E-state index in [1.54, 1.807) is 12.1 Å². The number of rotatable bonds is 2. The first-order valence-corrected chi connectivity index (χ1v) is 7.36. The number of oxazole rings is 1. The predicted molar refractivity (Wildman–Crippen MR) is 85.4 cm³/mol. The highest BCUT2D eigenvalue weighted by Gasteiger charge is 2.11. The van der Waals surface area contributed by atoms with E-state index in [2.05, 4.69) is 15.4 Å². The van der Waals surface area contributed by atoms with Gasteiger partial charge in [-0.3, -0.25) is 5.43 Å². The molecule has 0 radical (unpaired) electrons. The summed E-state index contributed by atoms with van der Waals surface area (Å²) in [6.07, 6.45) is 0. The molecular formula is C14H9ClN4OS. The highest BCUT2D eigenvalue weighted by atomic mass is 35.5. The van der Waals surface area contributed by atoms with E-state index in [4.69, 9.17) is 21.9 Å². The number of aromatic nitrogens is 2. The van der Waals surface area contributed by atoms with E-state index in [1.165, 1.54) is 11.3 Å². The number of hydrazine groups is 1. The van der Waals surface area contributed by atoms with Gasteiger partial charge in [-0.05, 0) is 36.4 Å². The summed E-state index contributed by atoms with van der Waals surface area (Å²) in [7, 11) is 0. The van der Waals surface area contributed by atoms with Gasteiger partial charge in [-0.15, -0.1) is 0 Å². The first kappa shape index (κ1) is 12.6. The number of benzene rings is 2. The zero-order valence-corrected chi connectivity index (χ0v) is 12.2. The van der Waals surface area contributed by atoms with Crippen LogP contribution in [0.1, 0.15) is 0 Å². The first-order chi connectivity index (χ1) is 10.2. The van der Waals surface area contributed by atoms with Crippen molar-refractivity contribution in [2.75, 3.05) is 5.43 Å². The lowest BCUT2D eigenvalue weighted by molar-refractivity contribution is 0.620. The fraction of sp³-hybridized carbons (Fsp3) is 0. The van der Waals surface area contributed by atoms with Crippen molar-refractivity contribution in [1.82, 2.24) is 9.97 Å². The molecule has 0 bridgehead atoms. The van der Waals surface area contributed by atoms with Gasteiger partial charge in [0.25, 0.3) is 0 Å². The van der Waals surface area contributed by atoms with E-state index in [0.29, 0.717) is 21.6 Å². The number of halogens is 1. The number of thiazole rings is 1. The molecule has 3 N–H and O–H groups in total. The Kier molecular flexibility index (Phi) is 2.81. The number of nitrogen functional groups attached to an aromatic ring is 1. The lowest BCUT2D eigenvalue weighted by atomic mass is 10.2. The van der Waals surface area contributed by atoms with Crippen LogP contribution >= 0.6 is 22.9 Å². The number of fused-ring (bicyclic) bond motifs is 2. The van der Waals surface area contributed by atoms with E-state index < -0.39 is 0 Å². The van der Waals surface area contributed by atoms with Gasteiger partial charge in [-0.25, -0.2) is 15.8 Å². The molecule has 0 saturated heterocycles. The molecule has 0 unspecified atom stereocenters. The lowest BCUT2D eigenvalue weighted by Crippen LogP contribution is -2.05. The molecule has 104 valence electrons. The maximum absolute atomic E-state index is 5.96. The smallest absolute Gasteiger partial charge is 0.227 e. The molecular weight excluding hydrogens is 308 g/mol. The zero-order chi connectivity index (χ0) is 14.4.